The lowest BCUT2D eigenvalue weighted by Gasteiger charge is -2.16. The van der Waals surface area contributed by atoms with E-state index in [1.165, 1.54) is 0 Å². The standard InChI is InChI=1S/C18H17N3O2/c22-12-16(13-8-4-3-5-9-13)19-18(23)17-14-10-6-1-2-7-11-15(14)20-21-17/h1-11,16,22H,12H2,(H,19,23)(H,20,21)/t16-/m0/s1. The third-order valence-electron chi connectivity index (χ3n) is 3.60. The summed E-state index contributed by atoms with van der Waals surface area (Å²) in [5, 5.41) is 19.4. The lowest BCUT2D eigenvalue weighted by Crippen LogP contribution is -2.31. The van der Waals surface area contributed by atoms with Gasteiger partial charge in [0.1, 0.15) is 5.69 Å². The van der Waals surface area contributed by atoms with Gasteiger partial charge in [-0.05, 0) is 11.6 Å². The Morgan fingerprint density at radius 1 is 1.13 bits per heavy atom. The Balaban J connectivity index is 1.84. The van der Waals surface area contributed by atoms with Crippen LogP contribution < -0.4 is 5.32 Å². The number of rotatable bonds is 4. The van der Waals surface area contributed by atoms with E-state index in [0.29, 0.717) is 11.4 Å². The number of benzene rings is 1. The first-order valence-electron chi connectivity index (χ1n) is 7.36. The number of carbonyl (C=O) groups excluding carboxylic acids is 1. The van der Waals surface area contributed by atoms with E-state index < -0.39 is 6.04 Å². The Morgan fingerprint density at radius 3 is 2.61 bits per heavy atom. The number of allylic oxidation sites excluding steroid dienone is 4. The van der Waals surface area contributed by atoms with E-state index in [2.05, 4.69) is 15.5 Å². The van der Waals surface area contributed by atoms with Crippen molar-refractivity contribution in [3.05, 3.63) is 77.2 Å². The smallest absolute Gasteiger partial charge is 0.270 e. The van der Waals surface area contributed by atoms with E-state index in [0.717, 1.165) is 11.1 Å². The molecule has 0 radical (unpaired) electrons. The van der Waals surface area contributed by atoms with Crippen molar-refractivity contribution in [2.45, 2.75) is 6.04 Å². The number of hydrogen-bond acceptors (Lipinski definition) is 3. The summed E-state index contributed by atoms with van der Waals surface area (Å²) in [7, 11) is 0. The van der Waals surface area contributed by atoms with Gasteiger partial charge < -0.3 is 10.4 Å². The summed E-state index contributed by atoms with van der Waals surface area (Å²) in [6.45, 7) is -0.176. The minimum Gasteiger partial charge on any atom is -0.394 e. The summed E-state index contributed by atoms with van der Waals surface area (Å²) >= 11 is 0. The van der Waals surface area contributed by atoms with Crippen molar-refractivity contribution in [2.75, 3.05) is 6.61 Å². The lowest BCUT2D eigenvalue weighted by atomic mass is 10.1. The second-order valence-electron chi connectivity index (χ2n) is 5.12. The van der Waals surface area contributed by atoms with Crippen molar-refractivity contribution in [3.63, 3.8) is 0 Å². The molecule has 3 rings (SSSR count). The minimum absolute atomic E-state index is 0.176. The van der Waals surface area contributed by atoms with Gasteiger partial charge in [-0.15, -0.1) is 0 Å². The first kappa shape index (κ1) is 15.0. The number of nitrogens with one attached hydrogen (secondary N) is 2. The van der Waals surface area contributed by atoms with Gasteiger partial charge in [-0.1, -0.05) is 60.7 Å². The van der Waals surface area contributed by atoms with E-state index in [1.54, 1.807) is 0 Å². The highest BCUT2D eigenvalue weighted by Crippen LogP contribution is 2.19. The third kappa shape index (κ3) is 3.30. The fourth-order valence-corrected chi connectivity index (χ4v) is 2.41. The van der Waals surface area contributed by atoms with Crippen molar-refractivity contribution < 1.29 is 9.90 Å². The maximum atomic E-state index is 12.5. The maximum absolute atomic E-state index is 12.5. The number of hydrogen-bond donors (Lipinski definition) is 3. The molecule has 1 aliphatic carbocycles. The molecule has 0 fully saturated rings. The first-order valence-corrected chi connectivity index (χ1v) is 7.36. The van der Waals surface area contributed by atoms with Gasteiger partial charge in [-0.2, -0.15) is 5.10 Å². The summed E-state index contributed by atoms with van der Waals surface area (Å²) < 4.78 is 0. The summed E-state index contributed by atoms with van der Waals surface area (Å²) in [5.74, 6) is -0.302. The molecule has 23 heavy (non-hydrogen) atoms. The predicted molar refractivity (Wildman–Crippen MR) is 89.5 cm³/mol. The van der Waals surface area contributed by atoms with Gasteiger partial charge in [0, 0.05) is 5.56 Å². The summed E-state index contributed by atoms with van der Waals surface area (Å²) in [4.78, 5) is 12.5. The molecule has 5 nitrogen and oxygen atoms in total. The second-order valence-corrected chi connectivity index (χ2v) is 5.12. The van der Waals surface area contributed by atoms with Gasteiger partial charge >= 0.3 is 0 Å². The van der Waals surface area contributed by atoms with Crippen molar-refractivity contribution in [3.8, 4) is 0 Å². The SMILES string of the molecule is O=C(N[C@@H](CO)c1ccccc1)c1[nH]nc2c1C=CC=CC=C2. The molecule has 5 heteroatoms. The molecule has 0 unspecified atom stereocenters. The molecule has 0 saturated carbocycles. The second kappa shape index (κ2) is 6.89. The van der Waals surface area contributed by atoms with Crippen molar-refractivity contribution in [1.29, 1.82) is 0 Å². The van der Waals surface area contributed by atoms with Crippen LogP contribution in [0.5, 0.6) is 0 Å². The van der Waals surface area contributed by atoms with Gasteiger partial charge in [0.05, 0.1) is 18.3 Å². The number of fused-ring (bicyclic) bond motifs is 1. The average Bonchev–Trinajstić information content (AvgIpc) is 2.95. The van der Waals surface area contributed by atoms with Crippen LogP contribution in [-0.2, 0) is 0 Å². The number of amides is 1. The molecule has 1 aromatic carbocycles. The summed E-state index contributed by atoms with van der Waals surface area (Å²) in [5.41, 5.74) is 2.67. The van der Waals surface area contributed by atoms with Crippen LogP contribution in [0.4, 0.5) is 0 Å². The molecule has 0 bridgehead atoms. The minimum atomic E-state index is -0.462. The lowest BCUT2D eigenvalue weighted by molar-refractivity contribution is 0.0911. The average molecular weight is 307 g/mol. The Kier molecular flexibility index (Phi) is 4.49. The maximum Gasteiger partial charge on any atom is 0.270 e. The summed E-state index contributed by atoms with van der Waals surface area (Å²) in [6.07, 6.45) is 11.2. The highest BCUT2D eigenvalue weighted by Gasteiger charge is 2.20. The quantitative estimate of drug-likeness (QED) is 0.812. The normalized spacial score (nSPS) is 14.0. The third-order valence-corrected chi connectivity index (χ3v) is 3.60. The van der Waals surface area contributed by atoms with Crippen molar-refractivity contribution >= 4 is 18.1 Å². The first-order chi connectivity index (χ1) is 11.3. The number of aromatic amines is 1. The molecule has 2 aromatic rings. The van der Waals surface area contributed by atoms with E-state index in [-0.39, 0.29) is 12.5 Å². The Morgan fingerprint density at radius 2 is 1.87 bits per heavy atom. The Bertz CT molecular complexity index is 773. The molecule has 1 heterocycles. The van der Waals surface area contributed by atoms with Gasteiger partial charge in [-0.3, -0.25) is 9.89 Å². The zero-order valence-electron chi connectivity index (χ0n) is 12.4. The van der Waals surface area contributed by atoms with Crippen LogP contribution in [0.25, 0.3) is 12.2 Å². The van der Waals surface area contributed by atoms with Crippen LogP contribution in [0.15, 0.2) is 54.6 Å². The monoisotopic (exact) mass is 307 g/mol. The number of H-pyrrole nitrogens is 1. The van der Waals surface area contributed by atoms with Gasteiger partial charge in [-0.25, -0.2) is 0 Å². The number of aliphatic hydroxyl groups is 1. The van der Waals surface area contributed by atoms with E-state index >= 15 is 0 Å². The van der Waals surface area contributed by atoms with Crippen LogP contribution in [0, 0.1) is 0 Å². The zero-order chi connectivity index (χ0) is 16.1. The van der Waals surface area contributed by atoms with Gasteiger partial charge in [0.15, 0.2) is 0 Å². The van der Waals surface area contributed by atoms with Gasteiger partial charge in [0.25, 0.3) is 5.91 Å². The zero-order valence-corrected chi connectivity index (χ0v) is 12.4. The number of aliphatic hydroxyl groups excluding tert-OH is 1. The molecular formula is C18H17N3O2. The van der Waals surface area contributed by atoms with Crippen LogP contribution in [0.2, 0.25) is 0 Å². The molecule has 1 aliphatic rings. The van der Waals surface area contributed by atoms with E-state index in [1.807, 2.05) is 66.8 Å². The van der Waals surface area contributed by atoms with Crippen molar-refractivity contribution in [1.82, 2.24) is 15.5 Å². The molecule has 0 aliphatic heterocycles. The van der Waals surface area contributed by atoms with Crippen LogP contribution in [0.3, 0.4) is 0 Å². The molecule has 1 aromatic heterocycles. The van der Waals surface area contributed by atoms with Crippen LogP contribution in [0.1, 0.15) is 33.4 Å². The summed E-state index contributed by atoms with van der Waals surface area (Å²) in [6, 6.07) is 8.90. The highest BCUT2D eigenvalue weighted by atomic mass is 16.3. The van der Waals surface area contributed by atoms with Gasteiger partial charge in [0.2, 0.25) is 0 Å². The highest BCUT2D eigenvalue weighted by molar-refractivity contribution is 5.97. The Hall–Kier alpha value is -2.92. The van der Waals surface area contributed by atoms with E-state index in [9.17, 15) is 9.90 Å². The van der Waals surface area contributed by atoms with Crippen LogP contribution >= 0.6 is 0 Å². The van der Waals surface area contributed by atoms with E-state index in [4.69, 9.17) is 0 Å². The largest absolute Gasteiger partial charge is 0.394 e. The fraction of sp³-hybridized carbons (Fsp3) is 0.111. The predicted octanol–water partition coefficient (Wildman–Crippen LogP) is 2.47. The number of aromatic nitrogens is 2. The molecule has 0 saturated heterocycles. The van der Waals surface area contributed by atoms with Crippen molar-refractivity contribution in [2.24, 2.45) is 0 Å². The molecular weight excluding hydrogens is 290 g/mol. The molecule has 3 N–H and O–H groups in total. The molecule has 1 atom stereocenters. The molecule has 116 valence electrons. The fourth-order valence-electron chi connectivity index (χ4n) is 2.41. The number of nitrogens with zero attached hydrogens (tertiary/aromatic N) is 1. The Labute approximate surface area is 134 Å². The van der Waals surface area contributed by atoms with Crippen LogP contribution in [-0.4, -0.2) is 27.8 Å². The molecule has 1 amide bonds. The molecule has 0 spiro atoms. The topological polar surface area (TPSA) is 78.0 Å². The number of carbonyl (C=O) groups is 1.